The molecule has 16 atom stereocenters. The van der Waals surface area contributed by atoms with Crippen LogP contribution in [-0.4, -0.2) is 183 Å². The van der Waals surface area contributed by atoms with Crippen LogP contribution in [0.25, 0.3) is 0 Å². The fraction of sp³-hybridized carbons (Fsp3) is 0.527. The van der Waals surface area contributed by atoms with Crippen molar-refractivity contribution in [2.24, 2.45) is 0 Å². The standard InChI is InChI=1S/C74H97NO22Si2/c1-16-40-83-70-68(92-51(8)81)65(89-48(5)78)63(60(94-70)44-86-99(74(13,14)15,57-36-25-19-26-37-57)58-38-27-20-28-39-58)97-72-69(93-52(9)82)66(90-49(6)79)62(59(95-72)43-84-46(3)76)96-71-67(91-50(7)80)64(88-47(4)77)61(45(2)87-71)75-54-31-29-30-53(41-54)42-85-98(73(10,11)12,55-32-21-17-22-33-55)56-34-23-18-24-35-56/h16-28,32-39,41,45,54,59-72,75H,1,29-31,40,42-44H2,2-15H3. The molecule has 3 aliphatic heterocycles. The largest absolute Gasteiger partial charge is 0.463 e. The molecule has 0 amide bonds. The molecule has 0 bridgehead atoms. The monoisotopic (exact) mass is 1410 g/mol. The lowest BCUT2D eigenvalue weighted by Crippen LogP contribution is -2.70. The molecule has 23 nitrogen and oxygen atoms in total. The summed E-state index contributed by atoms with van der Waals surface area (Å²) in [5.41, 5.74) is 1.05. The van der Waals surface area contributed by atoms with E-state index in [1.54, 1.807) is 6.92 Å². The lowest BCUT2D eigenvalue weighted by molar-refractivity contribution is -0.376. The molecular formula is C74H97NO22Si2. The summed E-state index contributed by atoms with van der Waals surface area (Å²) in [6.45, 7) is 25.5. The topological polar surface area (TPSA) is 270 Å². The Balaban J connectivity index is 1.17. The number of nitrogens with one attached hydrogen (secondary N) is 1. The number of hydrogen-bond donors (Lipinski definition) is 1. The van der Waals surface area contributed by atoms with Gasteiger partial charge in [0.05, 0.1) is 32.0 Å². The molecule has 16 unspecified atom stereocenters. The van der Waals surface area contributed by atoms with Crippen LogP contribution < -0.4 is 26.1 Å². The number of esters is 7. The van der Waals surface area contributed by atoms with Crippen molar-refractivity contribution in [3.05, 3.63) is 146 Å². The Bertz CT molecular complexity index is 3320. The van der Waals surface area contributed by atoms with Crippen LogP contribution in [0.4, 0.5) is 0 Å². The van der Waals surface area contributed by atoms with Crippen LogP contribution in [0.5, 0.6) is 0 Å². The van der Waals surface area contributed by atoms with Gasteiger partial charge >= 0.3 is 41.8 Å². The van der Waals surface area contributed by atoms with Gasteiger partial charge < -0.3 is 75.7 Å². The van der Waals surface area contributed by atoms with Gasteiger partial charge in [0.15, 0.2) is 55.5 Å². The number of benzene rings is 4. The van der Waals surface area contributed by atoms with Crippen LogP contribution in [0.2, 0.25) is 10.1 Å². The number of carbonyl (C=O) groups is 7. The van der Waals surface area contributed by atoms with E-state index in [1.165, 1.54) is 13.0 Å². The van der Waals surface area contributed by atoms with Gasteiger partial charge in [-0.2, -0.15) is 0 Å². The summed E-state index contributed by atoms with van der Waals surface area (Å²) in [4.78, 5) is 93.7. The third-order valence-electron chi connectivity index (χ3n) is 17.8. The molecule has 0 spiro atoms. The molecule has 1 aliphatic carbocycles. The van der Waals surface area contributed by atoms with Gasteiger partial charge in [-0.1, -0.05) is 175 Å². The van der Waals surface area contributed by atoms with Crippen LogP contribution in [0.3, 0.4) is 0 Å². The summed E-state index contributed by atoms with van der Waals surface area (Å²) in [7, 11) is -6.41. The first kappa shape index (κ1) is 77.5. The molecule has 538 valence electrons. The molecular weight excluding hydrogens is 1310 g/mol. The third-order valence-corrected chi connectivity index (χ3v) is 27.8. The number of hydrogen-bond acceptors (Lipinski definition) is 23. The first-order chi connectivity index (χ1) is 47.0. The SMILES string of the molecule is C=CCOC1OC(CO[Si](c2ccccc2)(c2ccccc2)C(C)(C)C)C(OC2OC(COC(C)=O)C(OC3OC(C)C(NC4C=C(CO[Si](c5ccccc5)(c5ccccc5)C(C)(C)C)CCC4)C(OC(C)=O)C3OC(C)=O)C(OC(C)=O)C2OC(C)=O)C(OC(C)=O)C1OC(C)=O. The number of ether oxygens (including phenoxy) is 13. The molecule has 1 N–H and O–H groups in total. The summed E-state index contributed by atoms with van der Waals surface area (Å²) in [6, 6.07) is 38.9. The smallest absolute Gasteiger partial charge is 0.303 e. The molecule has 3 saturated heterocycles. The van der Waals surface area contributed by atoms with Crippen molar-refractivity contribution < 1.29 is 104 Å². The van der Waals surface area contributed by atoms with E-state index in [2.05, 4.69) is 83.8 Å². The van der Waals surface area contributed by atoms with Crippen LogP contribution in [0, 0.1) is 0 Å². The Morgan fingerprint density at radius 1 is 0.485 bits per heavy atom. The maximum Gasteiger partial charge on any atom is 0.303 e. The van der Waals surface area contributed by atoms with E-state index in [0.717, 1.165) is 80.7 Å². The Morgan fingerprint density at radius 3 is 1.27 bits per heavy atom. The summed E-state index contributed by atoms with van der Waals surface area (Å²) in [5.74, 6) is -5.90. The zero-order valence-electron chi connectivity index (χ0n) is 59.1. The number of carbonyl (C=O) groups excluding carboxylic acids is 7. The minimum absolute atomic E-state index is 0.132. The number of rotatable bonds is 27. The summed E-state index contributed by atoms with van der Waals surface area (Å²) in [6.07, 6.45) is -16.2. The van der Waals surface area contributed by atoms with Crippen LogP contribution in [-0.2, 0) is 104 Å². The Hall–Kier alpha value is -7.28. The second kappa shape index (κ2) is 34.4. The summed E-state index contributed by atoms with van der Waals surface area (Å²) >= 11 is 0. The van der Waals surface area contributed by atoms with E-state index in [4.69, 9.17) is 70.4 Å². The van der Waals surface area contributed by atoms with E-state index in [-0.39, 0.29) is 24.3 Å². The Labute approximate surface area is 582 Å². The van der Waals surface area contributed by atoms with Gasteiger partial charge in [0.1, 0.15) is 31.0 Å². The van der Waals surface area contributed by atoms with Crippen molar-refractivity contribution in [2.75, 3.05) is 26.4 Å². The zero-order chi connectivity index (χ0) is 72.0. The zero-order valence-corrected chi connectivity index (χ0v) is 61.1. The lowest BCUT2D eigenvalue weighted by atomic mass is 9.91. The highest BCUT2D eigenvalue weighted by Crippen LogP contribution is 2.42. The van der Waals surface area contributed by atoms with Crippen LogP contribution in [0.1, 0.15) is 116 Å². The average molecular weight is 1410 g/mol. The molecule has 0 aromatic heterocycles. The second-order valence-electron chi connectivity index (χ2n) is 27.3. The normalized spacial score (nSPS) is 27.4. The van der Waals surface area contributed by atoms with E-state index in [0.29, 0.717) is 13.0 Å². The predicted molar refractivity (Wildman–Crippen MR) is 367 cm³/mol. The highest BCUT2D eigenvalue weighted by molar-refractivity contribution is 7.00. The van der Waals surface area contributed by atoms with Crippen LogP contribution in [0.15, 0.2) is 146 Å². The molecule has 0 saturated carbocycles. The first-order valence-corrected chi connectivity index (χ1v) is 37.4. The molecule has 99 heavy (non-hydrogen) atoms. The predicted octanol–water partition coefficient (Wildman–Crippen LogP) is 6.90. The van der Waals surface area contributed by atoms with Crippen molar-refractivity contribution in [2.45, 2.75) is 224 Å². The van der Waals surface area contributed by atoms with E-state index >= 15 is 0 Å². The van der Waals surface area contributed by atoms with Gasteiger partial charge in [0.2, 0.25) is 0 Å². The van der Waals surface area contributed by atoms with Crippen molar-refractivity contribution in [3.63, 3.8) is 0 Å². The molecule has 4 aromatic carbocycles. The van der Waals surface area contributed by atoms with Crippen molar-refractivity contribution in [1.82, 2.24) is 5.32 Å². The van der Waals surface area contributed by atoms with Crippen LogP contribution >= 0.6 is 0 Å². The van der Waals surface area contributed by atoms with Gasteiger partial charge in [-0.15, -0.1) is 6.58 Å². The third kappa shape index (κ3) is 19.0. The van der Waals surface area contributed by atoms with Gasteiger partial charge in [0, 0.05) is 54.5 Å². The minimum Gasteiger partial charge on any atom is -0.463 e. The van der Waals surface area contributed by atoms with E-state index in [1.807, 2.05) is 97.1 Å². The lowest BCUT2D eigenvalue weighted by Gasteiger charge is -2.51. The molecule has 4 aliphatic rings. The molecule has 3 heterocycles. The second-order valence-corrected chi connectivity index (χ2v) is 35.9. The fourth-order valence-corrected chi connectivity index (χ4v) is 23.1. The maximum absolute atomic E-state index is 13.7. The molecule has 3 fully saturated rings. The Morgan fingerprint density at radius 2 is 0.859 bits per heavy atom. The molecule has 0 radical (unpaired) electrons. The molecule has 25 heteroatoms. The van der Waals surface area contributed by atoms with Crippen molar-refractivity contribution >= 4 is 79.2 Å². The molecule has 4 aromatic rings. The van der Waals surface area contributed by atoms with E-state index in [9.17, 15) is 33.6 Å². The van der Waals surface area contributed by atoms with Crippen molar-refractivity contribution in [1.29, 1.82) is 0 Å². The van der Waals surface area contributed by atoms with Crippen molar-refractivity contribution in [3.8, 4) is 0 Å². The summed E-state index contributed by atoms with van der Waals surface area (Å²) in [5, 5.41) is 6.84. The average Bonchev–Trinajstić information content (AvgIpc) is 0.753. The highest BCUT2D eigenvalue weighted by atomic mass is 28.4. The fourth-order valence-electron chi connectivity index (χ4n) is 14.0. The molecule has 8 rings (SSSR count). The quantitative estimate of drug-likeness (QED) is 0.0275. The highest BCUT2D eigenvalue weighted by Gasteiger charge is 2.61. The van der Waals surface area contributed by atoms with Gasteiger partial charge in [-0.05, 0) is 62.6 Å². The van der Waals surface area contributed by atoms with Gasteiger partial charge in [-0.25, -0.2) is 0 Å². The Kier molecular flexibility index (Phi) is 26.9. The van der Waals surface area contributed by atoms with E-state index < -0.39 is 162 Å². The summed E-state index contributed by atoms with van der Waals surface area (Å²) < 4.78 is 97.2. The van der Waals surface area contributed by atoms with Gasteiger partial charge in [-0.3, -0.25) is 33.6 Å². The minimum atomic E-state index is -3.47. The maximum atomic E-state index is 13.7. The van der Waals surface area contributed by atoms with Gasteiger partial charge in [0.25, 0.3) is 16.6 Å². The first-order valence-electron chi connectivity index (χ1n) is 33.6.